The van der Waals surface area contributed by atoms with E-state index < -0.39 is 0 Å². The average molecular weight is 251 g/mol. The molecule has 0 saturated heterocycles. The Morgan fingerprint density at radius 2 is 2.18 bits per heavy atom. The molecular formula is C13H15ClN2O. The molecule has 1 aromatic heterocycles. The molecule has 0 aliphatic rings. The number of aryl methyl sites for hydroxylation is 1. The van der Waals surface area contributed by atoms with E-state index in [1.165, 1.54) is 0 Å². The molecule has 0 aliphatic carbocycles. The highest BCUT2D eigenvalue weighted by atomic mass is 35.5. The molecule has 0 atom stereocenters. The van der Waals surface area contributed by atoms with Crippen molar-refractivity contribution in [3.8, 4) is 11.5 Å². The Kier molecular flexibility index (Phi) is 4.18. The van der Waals surface area contributed by atoms with Gasteiger partial charge in [-0.15, -0.1) is 0 Å². The third-order valence-corrected chi connectivity index (χ3v) is 2.85. The van der Waals surface area contributed by atoms with Gasteiger partial charge in [-0.25, -0.2) is 4.98 Å². The Balaban J connectivity index is 2.10. The van der Waals surface area contributed by atoms with Gasteiger partial charge in [0.25, 0.3) is 0 Å². The van der Waals surface area contributed by atoms with E-state index >= 15 is 0 Å². The third kappa shape index (κ3) is 3.08. The lowest BCUT2D eigenvalue weighted by Gasteiger charge is -1.97. The summed E-state index contributed by atoms with van der Waals surface area (Å²) < 4.78 is 5.45. The van der Waals surface area contributed by atoms with Crippen LogP contribution in [0.3, 0.4) is 0 Å². The van der Waals surface area contributed by atoms with Crippen molar-refractivity contribution >= 4 is 11.6 Å². The van der Waals surface area contributed by atoms with Gasteiger partial charge in [0.05, 0.1) is 16.3 Å². The van der Waals surface area contributed by atoms with Crippen LogP contribution in [0, 0.1) is 0 Å². The molecule has 0 fully saturated rings. The first-order valence-corrected chi connectivity index (χ1v) is 6.03. The summed E-state index contributed by atoms with van der Waals surface area (Å²) in [6, 6.07) is 7.56. The molecule has 2 aromatic rings. The lowest BCUT2D eigenvalue weighted by Crippen LogP contribution is -2.08. The van der Waals surface area contributed by atoms with Crippen molar-refractivity contribution < 1.29 is 4.42 Å². The first-order valence-electron chi connectivity index (χ1n) is 5.65. The number of nitrogens with zero attached hydrogens (tertiary/aromatic N) is 1. The van der Waals surface area contributed by atoms with Gasteiger partial charge in [0.2, 0.25) is 5.89 Å². The van der Waals surface area contributed by atoms with Gasteiger partial charge >= 0.3 is 0 Å². The van der Waals surface area contributed by atoms with Gasteiger partial charge in [0, 0.05) is 0 Å². The van der Waals surface area contributed by atoms with Crippen LogP contribution in [-0.4, -0.2) is 18.6 Å². The van der Waals surface area contributed by atoms with Gasteiger partial charge in [0.15, 0.2) is 0 Å². The minimum absolute atomic E-state index is 0.593. The maximum atomic E-state index is 6.08. The van der Waals surface area contributed by atoms with Crippen LogP contribution in [-0.2, 0) is 6.42 Å². The summed E-state index contributed by atoms with van der Waals surface area (Å²) in [5.74, 6) is 0.593. The Labute approximate surface area is 106 Å². The van der Waals surface area contributed by atoms with Crippen molar-refractivity contribution in [2.75, 3.05) is 13.6 Å². The molecule has 0 bridgehead atoms. The van der Waals surface area contributed by atoms with Crippen LogP contribution in [0.5, 0.6) is 0 Å². The maximum Gasteiger partial charge on any atom is 0.227 e. The number of aromatic nitrogens is 1. The summed E-state index contributed by atoms with van der Waals surface area (Å²) in [4.78, 5) is 4.43. The summed E-state index contributed by atoms with van der Waals surface area (Å²) in [5, 5.41) is 3.77. The zero-order chi connectivity index (χ0) is 12.1. The zero-order valence-electron chi connectivity index (χ0n) is 9.74. The van der Waals surface area contributed by atoms with E-state index in [1.807, 2.05) is 31.3 Å². The van der Waals surface area contributed by atoms with Gasteiger partial charge < -0.3 is 9.73 Å². The molecule has 1 N–H and O–H groups in total. The summed E-state index contributed by atoms with van der Waals surface area (Å²) >= 11 is 6.08. The highest BCUT2D eigenvalue weighted by Crippen LogP contribution is 2.26. The molecule has 2 rings (SSSR count). The zero-order valence-corrected chi connectivity index (χ0v) is 10.5. The minimum atomic E-state index is 0.593. The van der Waals surface area contributed by atoms with E-state index in [4.69, 9.17) is 16.0 Å². The number of hydrogen-bond donors (Lipinski definition) is 1. The van der Waals surface area contributed by atoms with Crippen LogP contribution < -0.4 is 5.32 Å². The summed E-state index contributed by atoms with van der Waals surface area (Å²) in [7, 11) is 1.94. The van der Waals surface area contributed by atoms with E-state index in [9.17, 15) is 0 Å². The molecule has 4 heteroatoms. The fourth-order valence-electron chi connectivity index (χ4n) is 1.63. The maximum absolute atomic E-state index is 6.08. The standard InChI is InChI=1S/C13H15ClN2O/c1-15-8-4-5-10-9-17-13(16-10)11-6-2-3-7-12(11)14/h2-3,6-7,9,15H,4-5,8H2,1H3. The van der Waals surface area contributed by atoms with Crippen LogP contribution in [0.4, 0.5) is 0 Å². The molecule has 0 spiro atoms. The highest BCUT2D eigenvalue weighted by Gasteiger charge is 2.09. The van der Waals surface area contributed by atoms with Gasteiger partial charge in [-0.1, -0.05) is 23.7 Å². The van der Waals surface area contributed by atoms with Crippen molar-refractivity contribution in [3.63, 3.8) is 0 Å². The molecule has 0 radical (unpaired) electrons. The molecular weight excluding hydrogens is 236 g/mol. The van der Waals surface area contributed by atoms with Crippen molar-refractivity contribution in [2.24, 2.45) is 0 Å². The van der Waals surface area contributed by atoms with E-state index in [0.29, 0.717) is 10.9 Å². The molecule has 17 heavy (non-hydrogen) atoms. The molecule has 90 valence electrons. The topological polar surface area (TPSA) is 38.1 Å². The fraction of sp³-hybridized carbons (Fsp3) is 0.308. The van der Waals surface area contributed by atoms with Crippen molar-refractivity contribution in [1.29, 1.82) is 0 Å². The normalized spacial score (nSPS) is 10.7. The van der Waals surface area contributed by atoms with E-state index in [1.54, 1.807) is 6.26 Å². The lowest BCUT2D eigenvalue weighted by atomic mass is 10.2. The van der Waals surface area contributed by atoms with E-state index in [-0.39, 0.29) is 0 Å². The Morgan fingerprint density at radius 3 is 2.94 bits per heavy atom. The predicted molar refractivity (Wildman–Crippen MR) is 69.2 cm³/mol. The number of nitrogens with one attached hydrogen (secondary N) is 1. The van der Waals surface area contributed by atoms with Crippen molar-refractivity contribution in [3.05, 3.63) is 41.2 Å². The Hall–Kier alpha value is -1.32. The smallest absolute Gasteiger partial charge is 0.227 e. The Bertz CT molecular complexity index is 482. The van der Waals surface area contributed by atoms with E-state index in [2.05, 4.69) is 10.3 Å². The first kappa shape index (κ1) is 12.1. The number of oxazole rings is 1. The average Bonchev–Trinajstić information content (AvgIpc) is 2.79. The first-order chi connectivity index (χ1) is 8.31. The van der Waals surface area contributed by atoms with Gasteiger partial charge in [0.1, 0.15) is 6.26 Å². The lowest BCUT2D eigenvalue weighted by molar-refractivity contribution is 0.571. The van der Waals surface area contributed by atoms with Gasteiger partial charge in [-0.3, -0.25) is 0 Å². The van der Waals surface area contributed by atoms with Crippen LogP contribution in [0.15, 0.2) is 34.9 Å². The summed E-state index contributed by atoms with van der Waals surface area (Å²) in [6.45, 7) is 0.980. The molecule has 0 unspecified atom stereocenters. The highest BCUT2D eigenvalue weighted by molar-refractivity contribution is 6.33. The van der Waals surface area contributed by atoms with Crippen LogP contribution in [0.2, 0.25) is 5.02 Å². The predicted octanol–water partition coefficient (Wildman–Crippen LogP) is 3.15. The molecule has 1 heterocycles. The monoisotopic (exact) mass is 250 g/mol. The molecule has 0 amide bonds. The van der Waals surface area contributed by atoms with Crippen LogP contribution >= 0.6 is 11.6 Å². The number of rotatable bonds is 5. The number of halogens is 1. The SMILES string of the molecule is CNCCCc1coc(-c2ccccc2Cl)n1. The molecule has 3 nitrogen and oxygen atoms in total. The largest absolute Gasteiger partial charge is 0.444 e. The number of hydrogen-bond acceptors (Lipinski definition) is 3. The molecule has 0 aliphatic heterocycles. The molecule has 0 saturated carbocycles. The minimum Gasteiger partial charge on any atom is -0.444 e. The summed E-state index contributed by atoms with van der Waals surface area (Å²) in [5.41, 5.74) is 1.81. The van der Waals surface area contributed by atoms with Gasteiger partial charge in [-0.2, -0.15) is 0 Å². The van der Waals surface area contributed by atoms with Crippen LogP contribution in [0.1, 0.15) is 12.1 Å². The second-order valence-electron chi connectivity index (χ2n) is 3.83. The third-order valence-electron chi connectivity index (χ3n) is 2.52. The van der Waals surface area contributed by atoms with Crippen molar-refractivity contribution in [2.45, 2.75) is 12.8 Å². The van der Waals surface area contributed by atoms with E-state index in [0.717, 1.165) is 30.6 Å². The van der Waals surface area contributed by atoms with Crippen LogP contribution in [0.25, 0.3) is 11.5 Å². The fourth-order valence-corrected chi connectivity index (χ4v) is 1.84. The molecule has 1 aromatic carbocycles. The second-order valence-corrected chi connectivity index (χ2v) is 4.24. The van der Waals surface area contributed by atoms with Crippen molar-refractivity contribution in [1.82, 2.24) is 10.3 Å². The number of benzene rings is 1. The quantitative estimate of drug-likeness (QED) is 0.829. The van der Waals surface area contributed by atoms with Gasteiger partial charge in [-0.05, 0) is 38.6 Å². The Morgan fingerprint density at radius 1 is 1.35 bits per heavy atom. The summed E-state index contributed by atoms with van der Waals surface area (Å²) in [6.07, 6.45) is 3.66. The second kappa shape index (κ2) is 5.84.